The van der Waals surface area contributed by atoms with Crippen molar-refractivity contribution >= 4 is 12.0 Å². The summed E-state index contributed by atoms with van der Waals surface area (Å²) in [5.41, 5.74) is 4.38. The number of hydrogen-bond donors (Lipinski definition) is 0. The number of carbonyl (C=O) groups is 1. The van der Waals surface area contributed by atoms with Crippen molar-refractivity contribution in [2.45, 2.75) is 27.7 Å². The van der Waals surface area contributed by atoms with E-state index in [9.17, 15) is 4.79 Å². The number of benzene rings is 1. The SMILES string of the molecule is CCOC(=O)/C(C#N)=C\c1cc(C)c(C)c(C)c1. The summed E-state index contributed by atoms with van der Waals surface area (Å²) in [5, 5.41) is 8.96. The molecule has 1 aromatic rings. The van der Waals surface area contributed by atoms with Crippen molar-refractivity contribution in [3.05, 3.63) is 40.0 Å². The predicted octanol–water partition coefficient (Wildman–Crippen LogP) is 3.08. The lowest BCUT2D eigenvalue weighted by molar-refractivity contribution is -0.137. The second-order valence-electron chi connectivity index (χ2n) is 4.17. The minimum atomic E-state index is -0.573. The van der Waals surface area contributed by atoms with Gasteiger partial charge >= 0.3 is 5.97 Å². The molecule has 0 aromatic heterocycles. The van der Waals surface area contributed by atoms with Crippen LogP contribution in [0.4, 0.5) is 0 Å². The predicted molar refractivity (Wildman–Crippen MR) is 70.9 cm³/mol. The second-order valence-corrected chi connectivity index (χ2v) is 4.17. The van der Waals surface area contributed by atoms with E-state index in [-0.39, 0.29) is 12.2 Å². The van der Waals surface area contributed by atoms with Crippen LogP contribution in [-0.4, -0.2) is 12.6 Å². The maximum atomic E-state index is 11.5. The molecule has 0 radical (unpaired) electrons. The molecule has 0 saturated heterocycles. The number of nitrogens with zero attached hydrogens (tertiary/aromatic N) is 1. The summed E-state index contributed by atoms with van der Waals surface area (Å²) in [6.45, 7) is 8.05. The van der Waals surface area contributed by atoms with E-state index in [0.717, 1.165) is 16.7 Å². The molecule has 1 rings (SSSR count). The van der Waals surface area contributed by atoms with E-state index in [1.165, 1.54) is 5.56 Å². The number of ether oxygens (including phenoxy) is 1. The number of carbonyl (C=O) groups excluding carboxylic acids is 1. The van der Waals surface area contributed by atoms with Crippen LogP contribution in [0.5, 0.6) is 0 Å². The molecule has 0 aliphatic carbocycles. The fourth-order valence-electron chi connectivity index (χ4n) is 1.66. The van der Waals surface area contributed by atoms with Crippen molar-refractivity contribution < 1.29 is 9.53 Å². The van der Waals surface area contributed by atoms with E-state index in [1.807, 2.05) is 32.0 Å². The van der Waals surface area contributed by atoms with Crippen LogP contribution in [0.1, 0.15) is 29.2 Å². The molecule has 3 nitrogen and oxygen atoms in total. The summed E-state index contributed by atoms with van der Waals surface area (Å²) in [6, 6.07) is 5.79. The molecule has 1 aromatic carbocycles. The van der Waals surface area contributed by atoms with Crippen LogP contribution in [0.15, 0.2) is 17.7 Å². The maximum absolute atomic E-state index is 11.5. The number of aryl methyl sites for hydroxylation is 2. The minimum Gasteiger partial charge on any atom is -0.462 e. The van der Waals surface area contributed by atoms with Gasteiger partial charge in [-0.2, -0.15) is 5.26 Å². The van der Waals surface area contributed by atoms with Gasteiger partial charge in [-0.3, -0.25) is 0 Å². The van der Waals surface area contributed by atoms with E-state index in [2.05, 4.69) is 6.92 Å². The monoisotopic (exact) mass is 243 g/mol. The van der Waals surface area contributed by atoms with Crippen LogP contribution in [0.3, 0.4) is 0 Å². The van der Waals surface area contributed by atoms with Crippen molar-refractivity contribution in [3.63, 3.8) is 0 Å². The third-order valence-electron chi connectivity index (χ3n) is 2.88. The molecule has 0 spiro atoms. The molecule has 0 aliphatic rings. The molecule has 0 saturated carbocycles. The number of hydrogen-bond acceptors (Lipinski definition) is 3. The van der Waals surface area contributed by atoms with Crippen molar-refractivity contribution in [1.82, 2.24) is 0 Å². The number of rotatable bonds is 3. The van der Waals surface area contributed by atoms with E-state index in [0.29, 0.717) is 0 Å². The first-order chi connectivity index (χ1) is 8.49. The summed E-state index contributed by atoms with van der Waals surface area (Å²) in [5.74, 6) is -0.573. The van der Waals surface area contributed by atoms with Gasteiger partial charge in [0.2, 0.25) is 0 Å². The molecular formula is C15H17NO2. The molecule has 0 heterocycles. The van der Waals surface area contributed by atoms with Crippen LogP contribution < -0.4 is 0 Å². The third-order valence-corrected chi connectivity index (χ3v) is 2.88. The lowest BCUT2D eigenvalue weighted by Crippen LogP contribution is -2.06. The van der Waals surface area contributed by atoms with Crippen LogP contribution in [0.25, 0.3) is 6.08 Å². The van der Waals surface area contributed by atoms with Crippen molar-refractivity contribution in [2.24, 2.45) is 0 Å². The van der Waals surface area contributed by atoms with Crippen molar-refractivity contribution in [1.29, 1.82) is 5.26 Å². The molecule has 0 N–H and O–H groups in total. The first-order valence-corrected chi connectivity index (χ1v) is 5.86. The van der Waals surface area contributed by atoms with Gasteiger partial charge in [0.05, 0.1) is 6.61 Å². The first-order valence-electron chi connectivity index (χ1n) is 5.86. The lowest BCUT2D eigenvalue weighted by Gasteiger charge is -2.06. The van der Waals surface area contributed by atoms with Crippen LogP contribution in [0.2, 0.25) is 0 Å². The van der Waals surface area contributed by atoms with Gasteiger partial charge in [-0.15, -0.1) is 0 Å². The van der Waals surface area contributed by atoms with Gasteiger partial charge in [0, 0.05) is 0 Å². The summed E-state index contributed by atoms with van der Waals surface area (Å²) in [6.07, 6.45) is 1.57. The van der Waals surface area contributed by atoms with Gasteiger partial charge in [0.15, 0.2) is 0 Å². The second kappa shape index (κ2) is 6.02. The molecule has 0 unspecified atom stereocenters. The zero-order valence-corrected chi connectivity index (χ0v) is 11.2. The minimum absolute atomic E-state index is 0.0273. The third kappa shape index (κ3) is 3.21. The van der Waals surface area contributed by atoms with E-state index in [1.54, 1.807) is 13.0 Å². The summed E-state index contributed by atoms with van der Waals surface area (Å²) < 4.78 is 4.82. The summed E-state index contributed by atoms with van der Waals surface area (Å²) >= 11 is 0. The number of nitriles is 1. The van der Waals surface area contributed by atoms with Gasteiger partial charge in [0.25, 0.3) is 0 Å². The molecule has 18 heavy (non-hydrogen) atoms. The lowest BCUT2D eigenvalue weighted by atomic mass is 9.99. The number of esters is 1. The largest absolute Gasteiger partial charge is 0.462 e. The van der Waals surface area contributed by atoms with Crippen LogP contribution in [0, 0.1) is 32.1 Å². The van der Waals surface area contributed by atoms with Gasteiger partial charge < -0.3 is 4.74 Å². The highest BCUT2D eigenvalue weighted by Crippen LogP contribution is 2.17. The average Bonchev–Trinajstić information content (AvgIpc) is 2.33. The zero-order valence-electron chi connectivity index (χ0n) is 11.2. The Morgan fingerprint density at radius 2 is 1.89 bits per heavy atom. The molecule has 0 bridgehead atoms. The molecule has 0 aliphatic heterocycles. The highest BCUT2D eigenvalue weighted by Gasteiger charge is 2.10. The molecule has 3 heteroatoms. The maximum Gasteiger partial charge on any atom is 0.348 e. The Balaban J connectivity index is 3.15. The van der Waals surface area contributed by atoms with Crippen LogP contribution >= 0.6 is 0 Å². The molecule has 0 fully saturated rings. The fourth-order valence-corrected chi connectivity index (χ4v) is 1.66. The smallest absolute Gasteiger partial charge is 0.348 e. The van der Waals surface area contributed by atoms with E-state index in [4.69, 9.17) is 10.00 Å². The Kier molecular flexibility index (Phi) is 4.67. The Bertz CT molecular complexity index is 513. The quantitative estimate of drug-likeness (QED) is 0.465. The molecule has 0 amide bonds. The van der Waals surface area contributed by atoms with E-state index < -0.39 is 5.97 Å². The normalized spacial score (nSPS) is 10.9. The van der Waals surface area contributed by atoms with Crippen LogP contribution in [-0.2, 0) is 9.53 Å². The fraction of sp³-hybridized carbons (Fsp3) is 0.333. The topological polar surface area (TPSA) is 50.1 Å². The Hall–Kier alpha value is -2.08. The van der Waals surface area contributed by atoms with Gasteiger partial charge in [-0.1, -0.05) is 12.1 Å². The zero-order chi connectivity index (χ0) is 13.7. The highest BCUT2D eigenvalue weighted by atomic mass is 16.5. The summed E-state index contributed by atoms with van der Waals surface area (Å²) in [7, 11) is 0. The van der Waals surface area contributed by atoms with Gasteiger partial charge in [-0.25, -0.2) is 4.79 Å². The summed E-state index contributed by atoms with van der Waals surface area (Å²) in [4.78, 5) is 11.5. The molecule has 0 atom stereocenters. The van der Waals surface area contributed by atoms with Gasteiger partial charge in [0.1, 0.15) is 11.6 Å². The highest BCUT2D eigenvalue weighted by molar-refractivity contribution is 5.97. The Morgan fingerprint density at radius 3 is 2.33 bits per heavy atom. The molecule has 94 valence electrons. The average molecular weight is 243 g/mol. The van der Waals surface area contributed by atoms with Crippen molar-refractivity contribution in [3.8, 4) is 6.07 Å². The standard InChI is InChI=1S/C15H17NO2/c1-5-18-15(17)14(9-16)8-13-6-10(2)12(4)11(3)7-13/h6-8H,5H2,1-4H3/b14-8-. The van der Waals surface area contributed by atoms with Crippen molar-refractivity contribution in [2.75, 3.05) is 6.61 Å². The molecular weight excluding hydrogens is 226 g/mol. The Labute approximate surface area is 108 Å². The van der Waals surface area contributed by atoms with Gasteiger partial charge in [-0.05, 0) is 56.0 Å². The Morgan fingerprint density at radius 1 is 1.33 bits per heavy atom. The first kappa shape index (κ1) is 14.0. The van der Waals surface area contributed by atoms with E-state index >= 15 is 0 Å².